The predicted octanol–water partition coefficient (Wildman–Crippen LogP) is 3.78. The molecule has 4 heteroatoms. The Morgan fingerprint density at radius 1 is 1.00 bits per heavy atom. The van der Waals surface area contributed by atoms with Gasteiger partial charge in [-0.1, -0.05) is 17.7 Å². The van der Waals surface area contributed by atoms with Crippen LogP contribution in [0.5, 0.6) is 0 Å². The fourth-order valence-electron chi connectivity index (χ4n) is 1.58. The number of halogens is 3. The summed E-state index contributed by atoms with van der Waals surface area (Å²) in [4.78, 5) is 0. The lowest BCUT2D eigenvalue weighted by molar-refractivity contribution is 0.282. The van der Waals surface area contributed by atoms with Gasteiger partial charge in [-0.25, -0.2) is 8.78 Å². The van der Waals surface area contributed by atoms with E-state index in [0.29, 0.717) is 5.56 Å². The van der Waals surface area contributed by atoms with Gasteiger partial charge in [0.1, 0.15) is 11.6 Å². The number of aliphatic hydroxyl groups is 1. The number of hydrogen-bond donors (Lipinski definition) is 1. The summed E-state index contributed by atoms with van der Waals surface area (Å²) in [7, 11) is 0. The average Bonchev–Trinajstić information content (AvgIpc) is 2.33. The highest BCUT2D eigenvalue weighted by atomic mass is 35.5. The molecular weight excluding hydrogens is 246 g/mol. The van der Waals surface area contributed by atoms with E-state index in [1.54, 1.807) is 0 Å². The maximum absolute atomic E-state index is 13.6. The van der Waals surface area contributed by atoms with Crippen molar-refractivity contribution >= 4 is 11.6 Å². The largest absolute Gasteiger partial charge is 0.392 e. The third-order valence-electron chi connectivity index (χ3n) is 2.43. The molecule has 0 fully saturated rings. The van der Waals surface area contributed by atoms with Gasteiger partial charge in [0.25, 0.3) is 0 Å². The van der Waals surface area contributed by atoms with Crippen molar-refractivity contribution in [3.8, 4) is 11.1 Å². The Hall–Kier alpha value is -1.45. The van der Waals surface area contributed by atoms with Crippen LogP contribution in [-0.4, -0.2) is 5.11 Å². The second kappa shape index (κ2) is 4.82. The summed E-state index contributed by atoms with van der Waals surface area (Å²) in [5, 5.41) is 9.26. The maximum Gasteiger partial charge on any atom is 0.131 e. The molecule has 0 atom stereocenters. The van der Waals surface area contributed by atoms with Crippen molar-refractivity contribution in [1.82, 2.24) is 0 Å². The van der Waals surface area contributed by atoms with Crippen LogP contribution in [0.2, 0.25) is 5.02 Å². The van der Waals surface area contributed by atoms with E-state index < -0.39 is 11.6 Å². The second-order valence-electron chi connectivity index (χ2n) is 3.60. The number of rotatable bonds is 2. The van der Waals surface area contributed by atoms with E-state index in [0.717, 1.165) is 0 Å². The van der Waals surface area contributed by atoms with E-state index in [1.807, 2.05) is 0 Å². The van der Waals surface area contributed by atoms with Crippen LogP contribution in [0.1, 0.15) is 5.56 Å². The van der Waals surface area contributed by atoms with Crippen LogP contribution in [0.25, 0.3) is 11.1 Å². The minimum Gasteiger partial charge on any atom is -0.392 e. The molecule has 0 saturated heterocycles. The lowest BCUT2D eigenvalue weighted by Crippen LogP contribution is -1.91. The molecular formula is C13H9ClF2O. The van der Waals surface area contributed by atoms with Gasteiger partial charge in [0.15, 0.2) is 0 Å². The van der Waals surface area contributed by atoms with Crippen LogP contribution >= 0.6 is 11.6 Å². The number of hydrogen-bond acceptors (Lipinski definition) is 1. The second-order valence-corrected chi connectivity index (χ2v) is 4.00. The normalized spacial score (nSPS) is 10.6. The predicted molar refractivity (Wildman–Crippen MR) is 62.7 cm³/mol. The highest BCUT2D eigenvalue weighted by Crippen LogP contribution is 2.31. The third-order valence-corrected chi connectivity index (χ3v) is 2.76. The lowest BCUT2D eigenvalue weighted by Gasteiger charge is -2.08. The van der Waals surface area contributed by atoms with Crippen molar-refractivity contribution in [3.05, 3.63) is 58.6 Å². The molecule has 1 nitrogen and oxygen atoms in total. The number of benzene rings is 2. The fraction of sp³-hybridized carbons (Fsp3) is 0.0769. The van der Waals surface area contributed by atoms with Crippen molar-refractivity contribution < 1.29 is 13.9 Å². The molecule has 0 radical (unpaired) electrons. The molecule has 0 aliphatic heterocycles. The van der Waals surface area contributed by atoms with Gasteiger partial charge in [0.05, 0.1) is 6.61 Å². The van der Waals surface area contributed by atoms with Crippen molar-refractivity contribution in [2.75, 3.05) is 0 Å². The molecule has 2 rings (SSSR count). The Kier molecular flexibility index (Phi) is 3.41. The van der Waals surface area contributed by atoms with Gasteiger partial charge < -0.3 is 5.11 Å². The van der Waals surface area contributed by atoms with E-state index in [1.165, 1.54) is 36.4 Å². The molecule has 2 aromatic carbocycles. The quantitative estimate of drug-likeness (QED) is 0.865. The summed E-state index contributed by atoms with van der Waals surface area (Å²) in [6.45, 7) is -0.208. The standard InChI is InChI=1S/C13H9ClF2O/c14-12-3-2-9(15)6-10(12)11-5-8(7-17)1-4-13(11)16/h1-6,17H,7H2. The van der Waals surface area contributed by atoms with Crippen molar-refractivity contribution in [1.29, 1.82) is 0 Å². The van der Waals surface area contributed by atoms with Crippen LogP contribution in [-0.2, 0) is 6.61 Å². The summed E-state index contributed by atoms with van der Waals surface area (Å²) in [5.41, 5.74) is 1.00. The minimum absolute atomic E-state index is 0.182. The smallest absolute Gasteiger partial charge is 0.131 e. The molecule has 2 aromatic rings. The molecule has 0 spiro atoms. The molecule has 1 N–H and O–H groups in total. The summed E-state index contributed by atoms with van der Waals surface area (Å²) in [6, 6.07) is 7.89. The Labute approximate surface area is 102 Å². The molecule has 0 unspecified atom stereocenters. The van der Waals surface area contributed by atoms with E-state index in [4.69, 9.17) is 16.7 Å². The molecule has 88 valence electrons. The first-order valence-electron chi connectivity index (χ1n) is 4.96. The molecule has 0 bridgehead atoms. The van der Waals surface area contributed by atoms with E-state index >= 15 is 0 Å². The zero-order chi connectivity index (χ0) is 12.4. The summed E-state index contributed by atoms with van der Waals surface area (Å²) in [6.07, 6.45) is 0. The first-order chi connectivity index (χ1) is 8.11. The highest BCUT2D eigenvalue weighted by Gasteiger charge is 2.10. The van der Waals surface area contributed by atoms with Gasteiger partial charge >= 0.3 is 0 Å². The van der Waals surface area contributed by atoms with Gasteiger partial charge in [-0.2, -0.15) is 0 Å². The Bertz CT molecular complexity index is 555. The van der Waals surface area contributed by atoms with E-state index in [9.17, 15) is 8.78 Å². The van der Waals surface area contributed by atoms with Crippen molar-refractivity contribution in [2.24, 2.45) is 0 Å². The van der Waals surface area contributed by atoms with E-state index in [-0.39, 0.29) is 22.8 Å². The van der Waals surface area contributed by atoms with Crippen LogP contribution in [0.15, 0.2) is 36.4 Å². The zero-order valence-corrected chi connectivity index (χ0v) is 9.51. The Morgan fingerprint density at radius 2 is 1.76 bits per heavy atom. The molecule has 0 saturated carbocycles. The lowest BCUT2D eigenvalue weighted by atomic mass is 10.0. The first kappa shape index (κ1) is 12.0. The SMILES string of the molecule is OCc1ccc(F)c(-c2cc(F)ccc2Cl)c1. The van der Waals surface area contributed by atoms with Gasteiger partial charge in [-0.3, -0.25) is 0 Å². The monoisotopic (exact) mass is 254 g/mol. The van der Waals surface area contributed by atoms with Crippen LogP contribution in [0.3, 0.4) is 0 Å². The highest BCUT2D eigenvalue weighted by molar-refractivity contribution is 6.33. The Balaban J connectivity index is 2.62. The molecule has 0 heterocycles. The molecule has 0 aliphatic rings. The topological polar surface area (TPSA) is 20.2 Å². The average molecular weight is 255 g/mol. The van der Waals surface area contributed by atoms with Crippen LogP contribution < -0.4 is 0 Å². The van der Waals surface area contributed by atoms with Crippen molar-refractivity contribution in [3.63, 3.8) is 0 Å². The molecule has 0 amide bonds. The van der Waals surface area contributed by atoms with Crippen molar-refractivity contribution in [2.45, 2.75) is 6.61 Å². The first-order valence-corrected chi connectivity index (χ1v) is 5.34. The molecule has 0 aliphatic carbocycles. The van der Waals surface area contributed by atoms with Crippen LogP contribution in [0, 0.1) is 11.6 Å². The van der Waals surface area contributed by atoms with E-state index in [2.05, 4.69) is 0 Å². The summed E-state index contributed by atoms with van der Waals surface area (Å²) < 4.78 is 26.8. The molecule has 0 aromatic heterocycles. The Morgan fingerprint density at radius 3 is 2.47 bits per heavy atom. The maximum atomic E-state index is 13.6. The molecule has 17 heavy (non-hydrogen) atoms. The van der Waals surface area contributed by atoms with Gasteiger partial charge in [-0.15, -0.1) is 0 Å². The summed E-state index contributed by atoms with van der Waals surface area (Å²) in [5.74, 6) is -0.993. The van der Waals surface area contributed by atoms with Gasteiger partial charge in [-0.05, 0) is 35.9 Å². The van der Waals surface area contributed by atoms with Crippen LogP contribution in [0.4, 0.5) is 8.78 Å². The summed E-state index contributed by atoms with van der Waals surface area (Å²) >= 11 is 5.90. The minimum atomic E-state index is -0.505. The van der Waals surface area contributed by atoms with Gasteiger partial charge in [0, 0.05) is 16.1 Å². The third kappa shape index (κ3) is 2.46. The number of aliphatic hydroxyl groups excluding tert-OH is 1. The fourth-order valence-corrected chi connectivity index (χ4v) is 1.80. The van der Waals surface area contributed by atoms with Gasteiger partial charge in [0.2, 0.25) is 0 Å². The zero-order valence-electron chi connectivity index (χ0n) is 8.75.